The molecule has 0 saturated heterocycles. The highest BCUT2D eigenvalue weighted by atomic mass is 32.1. The van der Waals surface area contributed by atoms with Crippen LogP contribution in [0.3, 0.4) is 0 Å². The van der Waals surface area contributed by atoms with Crippen molar-refractivity contribution in [1.82, 2.24) is 10.3 Å². The number of amides is 1. The summed E-state index contributed by atoms with van der Waals surface area (Å²) in [5.74, 6) is 0.847. The standard InChI is InChI=1S/C21H20N2O2S/c1-25-17-9-6-15(7-10-17)21-22-16(13-26-21)12-20(24)23-19-11-8-14-4-2-3-5-18(14)19/h2-7,9-10,13,19H,8,11-12H2,1H3,(H,23,24). The van der Waals surface area contributed by atoms with E-state index in [-0.39, 0.29) is 11.9 Å². The lowest BCUT2D eigenvalue weighted by molar-refractivity contribution is -0.121. The lowest BCUT2D eigenvalue weighted by Crippen LogP contribution is -2.28. The zero-order valence-electron chi connectivity index (χ0n) is 14.6. The number of methoxy groups -OCH3 is 1. The van der Waals surface area contributed by atoms with Crippen LogP contribution in [-0.4, -0.2) is 18.0 Å². The third kappa shape index (κ3) is 3.48. The highest BCUT2D eigenvalue weighted by Crippen LogP contribution is 2.31. The summed E-state index contributed by atoms with van der Waals surface area (Å²) in [5, 5.41) is 6.04. The number of nitrogens with one attached hydrogen (secondary N) is 1. The van der Waals surface area contributed by atoms with E-state index in [1.54, 1.807) is 18.4 Å². The number of fused-ring (bicyclic) bond motifs is 1. The van der Waals surface area contributed by atoms with E-state index in [0.717, 1.165) is 34.9 Å². The van der Waals surface area contributed by atoms with Gasteiger partial charge >= 0.3 is 0 Å². The van der Waals surface area contributed by atoms with E-state index in [4.69, 9.17) is 4.74 Å². The first-order valence-corrected chi connectivity index (χ1v) is 9.57. The van der Waals surface area contributed by atoms with Gasteiger partial charge in [0, 0.05) is 10.9 Å². The third-order valence-corrected chi connectivity index (χ3v) is 5.64. The average molecular weight is 364 g/mol. The summed E-state index contributed by atoms with van der Waals surface area (Å²) >= 11 is 1.56. The van der Waals surface area contributed by atoms with Gasteiger partial charge in [-0.3, -0.25) is 4.79 Å². The maximum absolute atomic E-state index is 12.4. The predicted molar refractivity (Wildman–Crippen MR) is 103 cm³/mol. The van der Waals surface area contributed by atoms with Crippen LogP contribution in [0.4, 0.5) is 0 Å². The lowest BCUT2D eigenvalue weighted by atomic mass is 10.1. The van der Waals surface area contributed by atoms with Crippen LogP contribution in [0.2, 0.25) is 0 Å². The molecule has 1 atom stereocenters. The number of hydrogen-bond donors (Lipinski definition) is 1. The van der Waals surface area contributed by atoms with E-state index in [0.29, 0.717) is 6.42 Å². The first-order chi connectivity index (χ1) is 12.7. The summed E-state index contributed by atoms with van der Waals surface area (Å²) in [4.78, 5) is 17.1. The molecule has 1 aliphatic carbocycles. The van der Waals surface area contributed by atoms with Crippen LogP contribution in [0, 0.1) is 0 Å². The molecule has 0 aliphatic heterocycles. The number of aryl methyl sites for hydroxylation is 1. The summed E-state index contributed by atoms with van der Waals surface area (Å²) in [5.41, 5.74) is 4.43. The molecule has 5 heteroatoms. The van der Waals surface area contributed by atoms with E-state index in [2.05, 4.69) is 28.5 Å². The molecule has 0 bridgehead atoms. The van der Waals surface area contributed by atoms with Gasteiger partial charge in [0.25, 0.3) is 0 Å². The zero-order chi connectivity index (χ0) is 17.9. The minimum Gasteiger partial charge on any atom is -0.497 e. The van der Waals surface area contributed by atoms with Crippen LogP contribution in [-0.2, 0) is 17.6 Å². The molecule has 0 saturated carbocycles. The van der Waals surface area contributed by atoms with Gasteiger partial charge in [-0.25, -0.2) is 4.98 Å². The average Bonchev–Trinajstić information content (AvgIpc) is 3.29. The maximum atomic E-state index is 12.4. The van der Waals surface area contributed by atoms with Crippen LogP contribution in [0.15, 0.2) is 53.9 Å². The number of carbonyl (C=O) groups excluding carboxylic acids is 1. The van der Waals surface area contributed by atoms with E-state index >= 15 is 0 Å². The number of ether oxygens (including phenoxy) is 1. The summed E-state index contributed by atoms with van der Waals surface area (Å²) in [7, 11) is 1.65. The van der Waals surface area contributed by atoms with Gasteiger partial charge in [0.15, 0.2) is 0 Å². The highest BCUT2D eigenvalue weighted by Gasteiger charge is 2.23. The molecule has 132 valence electrons. The second-order valence-electron chi connectivity index (χ2n) is 6.41. The topological polar surface area (TPSA) is 51.2 Å². The van der Waals surface area contributed by atoms with Gasteiger partial charge in [-0.2, -0.15) is 0 Å². The van der Waals surface area contributed by atoms with Crippen molar-refractivity contribution in [1.29, 1.82) is 0 Å². The van der Waals surface area contributed by atoms with Gasteiger partial charge < -0.3 is 10.1 Å². The van der Waals surface area contributed by atoms with E-state index in [9.17, 15) is 4.79 Å². The van der Waals surface area contributed by atoms with Crippen LogP contribution < -0.4 is 10.1 Å². The fraction of sp³-hybridized carbons (Fsp3) is 0.238. The highest BCUT2D eigenvalue weighted by molar-refractivity contribution is 7.13. The molecule has 0 radical (unpaired) electrons. The van der Waals surface area contributed by atoms with Crippen molar-refractivity contribution in [3.8, 4) is 16.3 Å². The largest absolute Gasteiger partial charge is 0.497 e. The van der Waals surface area contributed by atoms with Crippen molar-refractivity contribution in [2.24, 2.45) is 0 Å². The molecule has 0 spiro atoms. The SMILES string of the molecule is COc1ccc(-c2nc(CC(=O)NC3CCc4ccccc43)cs2)cc1. The first kappa shape index (κ1) is 16.8. The van der Waals surface area contributed by atoms with E-state index in [1.807, 2.05) is 35.7 Å². The molecule has 1 heterocycles. The number of aromatic nitrogens is 1. The Morgan fingerprint density at radius 2 is 2.04 bits per heavy atom. The molecule has 4 nitrogen and oxygen atoms in total. The van der Waals surface area contributed by atoms with E-state index in [1.165, 1.54) is 11.1 Å². The molecule has 1 aliphatic rings. The smallest absolute Gasteiger partial charge is 0.226 e. The molecule has 26 heavy (non-hydrogen) atoms. The molecule has 1 N–H and O–H groups in total. The number of rotatable bonds is 5. The van der Waals surface area contributed by atoms with Crippen molar-refractivity contribution in [3.05, 3.63) is 70.7 Å². The zero-order valence-corrected chi connectivity index (χ0v) is 15.4. The summed E-state index contributed by atoms with van der Waals surface area (Å²) in [6.07, 6.45) is 2.31. The molecule has 4 rings (SSSR count). The number of thiazole rings is 1. The Bertz CT molecular complexity index is 918. The van der Waals surface area contributed by atoms with Crippen LogP contribution in [0.1, 0.15) is 29.3 Å². The minimum absolute atomic E-state index is 0.0262. The summed E-state index contributed by atoms with van der Waals surface area (Å²) in [6.45, 7) is 0. The van der Waals surface area contributed by atoms with Gasteiger partial charge in [-0.05, 0) is 48.2 Å². The van der Waals surface area contributed by atoms with Crippen molar-refractivity contribution < 1.29 is 9.53 Å². The van der Waals surface area contributed by atoms with Gasteiger partial charge in [-0.15, -0.1) is 11.3 Å². The molecular formula is C21H20N2O2S. The second-order valence-corrected chi connectivity index (χ2v) is 7.26. The Kier molecular flexibility index (Phi) is 4.71. The van der Waals surface area contributed by atoms with Gasteiger partial charge in [0.1, 0.15) is 10.8 Å². The van der Waals surface area contributed by atoms with Gasteiger partial charge in [0.2, 0.25) is 5.91 Å². The number of benzene rings is 2. The van der Waals surface area contributed by atoms with Crippen LogP contribution >= 0.6 is 11.3 Å². The molecule has 3 aromatic rings. The quantitative estimate of drug-likeness (QED) is 0.739. The number of nitrogens with zero attached hydrogens (tertiary/aromatic N) is 1. The third-order valence-electron chi connectivity index (χ3n) is 4.70. The van der Waals surface area contributed by atoms with Crippen molar-refractivity contribution >= 4 is 17.2 Å². The van der Waals surface area contributed by atoms with Crippen molar-refractivity contribution in [3.63, 3.8) is 0 Å². The molecule has 1 unspecified atom stereocenters. The van der Waals surface area contributed by atoms with E-state index < -0.39 is 0 Å². The maximum Gasteiger partial charge on any atom is 0.226 e. The Morgan fingerprint density at radius 3 is 2.85 bits per heavy atom. The van der Waals surface area contributed by atoms with Crippen LogP contribution in [0.5, 0.6) is 5.75 Å². The molecule has 1 amide bonds. The molecule has 2 aromatic carbocycles. The fourth-order valence-corrected chi connectivity index (χ4v) is 4.20. The van der Waals surface area contributed by atoms with Gasteiger partial charge in [0.05, 0.1) is 25.3 Å². The molecule has 1 aromatic heterocycles. The Hall–Kier alpha value is -2.66. The monoisotopic (exact) mass is 364 g/mol. The minimum atomic E-state index is 0.0262. The molecule has 0 fully saturated rings. The number of carbonyl (C=O) groups is 1. The van der Waals surface area contributed by atoms with Crippen molar-refractivity contribution in [2.75, 3.05) is 7.11 Å². The summed E-state index contributed by atoms with van der Waals surface area (Å²) < 4.78 is 5.18. The van der Waals surface area contributed by atoms with Gasteiger partial charge in [-0.1, -0.05) is 24.3 Å². The second kappa shape index (κ2) is 7.30. The lowest BCUT2D eigenvalue weighted by Gasteiger charge is -2.13. The number of hydrogen-bond acceptors (Lipinski definition) is 4. The normalized spacial score (nSPS) is 15.5. The van der Waals surface area contributed by atoms with Crippen LogP contribution in [0.25, 0.3) is 10.6 Å². The Labute approximate surface area is 156 Å². The Morgan fingerprint density at radius 1 is 1.23 bits per heavy atom. The van der Waals surface area contributed by atoms with Crippen molar-refractivity contribution in [2.45, 2.75) is 25.3 Å². The Balaban J connectivity index is 1.40. The molecular weight excluding hydrogens is 344 g/mol. The fourth-order valence-electron chi connectivity index (χ4n) is 3.37. The summed E-state index contributed by atoms with van der Waals surface area (Å²) in [6, 6.07) is 16.3. The predicted octanol–water partition coefficient (Wildman–Crippen LogP) is 4.16. The first-order valence-electron chi connectivity index (χ1n) is 8.69.